The van der Waals surface area contributed by atoms with E-state index in [1.807, 2.05) is 0 Å². The highest BCUT2D eigenvalue weighted by Crippen LogP contribution is 2.05. The largest absolute Gasteiger partial charge is 0.375 e. The summed E-state index contributed by atoms with van der Waals surface area (Å²) in [5, 5.41) is 2.59. The molecule has 0 aliphatic heterocycles. The summed E-state index contributed by atoms with van der Waals surface area (Å²) in [7, 11) is 1.45. The second-order valence-corrected chi connectivity index (χ2v) is 2.92. The van der Waals surface area contributed by atoms with Crippen molar-refractivity contribution in [3.8, 4) is 11.8 Å². The van der Waals surface area contributed by atoms with Gasteiger partial charge in [-0.2, -0.15) is 0 Å². The van der Waals surface area contributed by atoms with E-state index < -0.39 is 0 Å². The van der Waals surface area contributed by atoms with Gasteiger partial charge in [0.2, 0.25) is 0 Å². The van der Waals surface area contributed by atoms with Gasteiger partial charge >= 0.3 is 0 Å². The Labute approximate surface area is 94.0 Å². The number of nitrogens with zero attached hydrogens (tertiary/aromatic N) is 1. The lowest BCUT2D eigenvalue weighted by molar-refractivity contribution is -0.119. The van der Waals surface area contributed by atoms with E-state index in [4.69, 9.17) is 5.73 Å². The van der Waals surface area contributed by atoms with Crippen LogP contribution in [0.2, 0.25) is 0 Å². The molecule has 5 heteroatoms. The molecule has 16 heavy (non-hydrogen) atoms. The molecule has 0 saturated heterocycles. The van der Waals surface area contributed by atoms with Crippen molar-refractivity contribution in [2.75, 3.05) is 25.6 Å². The van der Waals surface area contributed by atoms with Crippen LogP contribution in [-0.2, 0) is 9.53 Å². The molecule has 0 unspecified atom stereocenters. The average Bonchev–Trinajstić information content (AvgIpc) is 2.27. The van der Waals surface area contributed by atoms with Gasteiger partial charge in [0.15, 0.2) is 0 Å². The Morgan fingerprint density at radius 1 is 1.69 bits per heavy atom. The van der Waals surface area contributed by atoms with Crippen LogP contribution < -0.4 is 11.1 Å². The van der Waals surface area contributed by atoms with Crippen LogP contribution in [-0.4, -0.2) is 31.2 Å². The van der Waals surface area contributed by atoms with Crippen molar-refractivity contribution >= 4 is 11.7 Å². The monoisotopic (exact) mass is 219 g/mol. The molecule has 0 radical (unpaired) electrons. The van der Waals surface area contributed by atoms with Crippen molar-refractivity contribution in [2.24, 2.45) is 5.73 Å². The van der Waals surface area contributed by atoms with Crippen molar-refractivity contribution in [1.82, 2.24) is 4.98 Å². The molecule has 0 aromatic carbocycles. The number of anilines is 1. The maximum Gasteiger partial charge on any atom is 0.251 e. The summed E-state index contributed by atoms with van der Waals surface area (Å²) in [6.45, 7) is 0.300. The third kappa shape index (κ3) is 4.09. The Balaban J connectivity index is 2.71. The van der Waals surface area contributed by atoms with Gasteiger partial charge in [-0.15, -0.1) is 0 Å². The maximum absolute atomic E-state index is 11.2. The van der Waals surface area contributed by atoms with Crippen molar-refractivity contribution < 1.29 is 9.53 Å². The maximum atomic E-state index is 11.2. The van der Waals surface area contributed by atoms with Gasteiger partial charge in [-0.1, -0.05) is 11.8 Å². The first-order valence-electron chi connectivity index (χ1n) is 4.70. The van der Waals surface area contributed by atoms with Crippen LogP contribution in [0, 0.1) is 11.8 Å². The van der Waals surface area contributed by atoms with E-state index in [1.54, 1.807) is 18.3 Å². The van der Waals surface area contributed by atoms with E-state index in [9.17, 15) is 4.79 Å². The lowest BCUT2D eigenvalue weighted by atomic mass is 10.2. The van der Waals surface area contributed by atoms with Crippen LogP contribution in [0.1, 0.15) is 5.56 Å². The Morgan fingerprint density at radius 3 is 3.19 bits per heavy atom. The lowest BCUT2D eigenvalue weighted by Gasteiger charge is -2.03. The van der Waals surface area contributed by atoms with Crippen LogP contribution in [0.4, 0.5) is 5.82 Å². The van der Waals surface area contributed by atoms with E-state index >= 15 is 0 Å². The van der Waals surface area contributed by atoms with Crippen molar-refractivity contribution in [3.05, 3.63) is 23.9 Å². The molecular formula is C11H13N3O2. The van der Waals surface area contributed by atoms with E-state index in [2.05, 4.69) is 26.9 Å². The molecule has 0 spiro atoms. The fraction of sp³-hybridized carbons (Fsp3) is 0.273. The molecule has 1 heterocycles. The first-order valence-corrected chi connectivity index (χ1v) is 4.70. The second-order valence-electron chi connectivity index (χ2n) is 2.92. The first kappa shape index (κ1) is 12.2. The topological polar surface area (TPSA) is 77.2 Å². The molecule has 0 bridgehead atoms. The van der Waals surface area contributed by atoms with Crippen LogP contribution in [0.25, 0.3) is 0 Å². The third-order valence-corrected chi connectivity index (χ3v) is 1.64. The minimum atomic E-state index is -0.251. The van der Waals surface area contributed by atoms with Gasteiger partial charge in [-0.25, -0.2) is 4.98 Å². The van der Waals surface area contributed by atoms with Gasteiger partial charge in [0.25, 0.3) is 5.91 Å². The minimum absolute atomic E-state index is 0.000383. The van der Waals surface area contributed by atoms with Crippen molar-refractivity contribution in [2.45, 2.75) is 0 Å². The quantitative estimate of drug-likeness (QED) is 0.700. The zero-order valence-electron chi connectivity index (χ0n) is 8.99. The van der Waals surface area contributed by atoms with E-state index in [-0.39, 0.29) is 12.5 Å². The van der Waals surface area contributed by atoms with Gasteiger partial charge < -0.3 is 15.8 Å². The molecule has 0 aliphatic carbocycles. The van der Waals surface area contributed by atoms with Crippen LogP contribution in [0.3, 0.4) is 0 Å². The number of hydrogen-bond donors (Lipinski definition) is 2. The molecule has 0 atom stereocenters. The number of rotatable bonds is 3. The summed E-state index contributed by atoms with van der Waals surface area (Å²) in [6.07, 6.45) is 1.57. The summed E-state index contributed by atoms with van der Waals surface area (Å²) in [6, 6.07) is 3.42. The fourth-order valence-corrected chi connectivity index (χ4v) is 1.04. The number of pyridine rings is 1. The summed E-state index contributed by atoms with van der Waals surface area (Å²) < 4.78 is 4.69. The first-order chi connectivity index (χ1) is 7.76. The number of nitrogens with one attached hydrogen (secondary N) is 1. The number of amides is 1. The van der Waals surface area contributed by atoms with Crippen LogP contribution in [0.5, 0.6) is 0 Å². The Morgan fingerprint density at radius 2 is 2.50 bits per heavy atom. The highest BCUT2D eigenvalue weighted by atomic mass is 16.5. The molecule has 1 aromatic rings. The van der Waals surface area contributed by atoms with Gasteiger partial charge in [-0.05, 0) is 12.1 Å². The molecular weight excluding hydrogens is 206 g/mol. The Kier molecular flexibility index (Phi) is 4.99. The zero-order valence-corrected chi connectivity index (χ0v) is 8.99. The molecule has 1 amide bonds. The van der Waals surface area contributed by atoms with Gasteiger partial charge in [0.1, 0.15) is 12.4 Å². The molecule has 5 nitrogen and oxygen atoms in total. The average molecular weight is 219 g/mol. The molecule has 0 saturated carbocycles. The lowest BCUT2D eigenvalue weighted by Crippen LogP contribution is -2.17. The van der Waals surface area contributed by atoms with Crippen LogP contribution >= 0.6 is 0 Å². The normalized spacial score (nSPS) is 9.12. The fourth-order valence-electron chi connectivity index (χ4n) is 1.04. The molecule has 84 valence electrons. The second kappa shape index (κ2) is 6.56. The summed E-state index contributed by atoms with van der Waals surface area (Å²) in [4.78, 5) is 15.2. The summed E-state index contributed by atoms with van der Waals surface area (Å²) in [5.41, 5.74) is 6.02. The molecule has 3 N–H and O–H groups in total. The number of methoxy groups -OCH3 is 1. The smallest absolute Gasteiger partial charge is 0.251 e. The van der Waals surface area contributed by atoms with E-state index in [1.165, 1.54) is 7.11 Å². The highest BCUT2D eigenvalue weighted by Gasteiger charge is 2.02. The minimum Gasteiger partial charge on any atom is -0.375 e. The van der Waals surface area contributed by atoms with Gasteiger partial charge in [0.05, 0.1) is 6.54 Å². The number of aromatic nitrogens is 1. The van der Waals surface area contributed by atoms with Gasteiger partial charge in [-0.3, -0.25) is 4.79 Å². The standard InChI is InChI=1S/C11H13N3O2/c1-16-8-11(15)14-10-7-9(3-2-5-12)4-6-13-10/h4,6-7H,5,8,12H2,1H3,(H,13,14,15). The summed E-state index contributed by atoms with van der Waals surface area (Å²) >= 11 is 0. The Hall–Kier alpha value is -1.90. The zero-order chi connectivity index (χ0) is 11.8. The van der Waals surface area contributed by atoms with Crippen LogP contribution in [0.15, 0.2) is 18.3 Å². The number of carbonyl (C=O) groups excluding carboxylic acids is 1. The summed E-state index contributed by atoms with van der Waals surface area (Å²) in [5.74, 6) is 5.77. The predicted molar refractivity (Wildman–Crippen MR) is 60.7 cm³/mol. The third-order valence-electron chi connectivity index (χ3n) is 1.64. The SMILES string of the molecule is COCC(=O)Nc1cc(C#CCN)ccn1. The van der Waals surface area contributed by atoms with Crippen molar-refractivity contribution in [1.29, 1.82) is 0 Å². The van der Waals surface area contributed by atoms with Crippen molar-refractivity contribution in [3.63, 3.8) is 0 Å². The highest BCUT2D eigenvalue weighted by molar-refractivity contribution is 5.90. The molecule has 1 aromatic heterocycles. The molecule has 1 rings (SSSR count). The number of nitrogens with two attached hydrogens (primary N) is 1. The predicted octanol–water partition coefficient (Wildman–Crippen LogP) is -0.0233. The number of carbonyl (C=O) groups is 1. The van der Waals surface area contributed by atoms with E-state index in [0.717, 1.165) is 5.56 Å². The number of hydrogen-bond acceptors (Lipinski definition) is 4. The molecule has 0 aliphatic rings. The van der Waals surface area contributed by atoms with E-state index in [0.29, 0.717) is 12.4 Å². The Bertz CT molecular complexity index is 421. The number of ether oxygens (including phenoxy) is 1. The molecule has 0 fully saturated rings. The van der Waals surface area contributed by atoms with Gasteiger partial charge in [0, 0.05) is 18.9 Å².